The number of ether oxygens (including phenoxy) is 1. The normalized spacial score (nSPS) is 13.9. The van der Waals surface area contributed by atoms with Gasteiger partial charge in [0.25, 0.3) is 0 Å². The van der Waals surface area contributed by atoms with Crippen LogP contribution in [0.25, 0.3) is 0 Å². The van der Waals surface area contributed by atoms with Crippen LogP contribution in [0.3, 0.4) is 0 Å². The molecule has 0 unspecified atom stereocenters. The summed E-state index contributed by atoms with van der Waals surface area (Å²) in [6.45, 7) is 4.22. The average molecular weight is 496 g/mol. The quantitative estimate of drug-likeness (QED) is 0.343. The van der Waals surface area contributed by atoms with Crippen LogP contribution >= 0.6 is 11.6 Å². The molecule has 0 bridgehead atoms. The van der Waals surface area contributed by atoms with E-state index in [1.807, 2.05) is 30.3 Å². The summed E-state index contributed by atoms with van der Waals surface area (Å²) >= 11 is 6.04. The highest BCUT2D eigenvalue weighted by Crippen LogP contribution is 2.23. The minimum Gasteiger partial charge on any atom is -0.493 e. The number of piperidine rings is 1. The third-order valence-electron chi connectivity index (χ3n) is 5.80. The lowest BCUT2D eigenvalue weighted by Crippen LogP contribution is -2.31. The van der Waals surface area contributed by atoms with E-state index in [1.165, 1.54) is 38.5 Å². The highest BCUT2D eigenvalue weighted by molar-refractivity contribution is 6.30. The molecule has 1 amide bonds. The van der Waals surface area contributed by atoms with Crippen molar-refractivity contribution in [1.82, 2.24) is 14.9 Å². The molecule has 2 aromatic carbocycles. The van der Waals surface area contributed by atoms with E-state index in [9.17, 15) is 9.90 Å². The van der Waals surface area contributed by atoms with Crippen LogP contribution in [0, 0.1) is 0 Å². The Morgan fingerprint density at radius 2 is 1.94 bits per heavy atom. The van der Waals surface area contributed by atoms with Crippen LogP contribution in [-0.2, 0) is 6.54 Å². The Balaban J connectivity index is 1.36. The number of carboxylic acid groups (broad SMARTS) is 1. The summed E-state index contributed by atoms with van der Waals surface area (Å²) in [5, 5.41) is 13.4. The molecule has 9 heteroatoms. The number of benzene rings is 2. The Labute approximate surface area is 210 Å². The van der Waals surface area contributed by atoms with Gasteiger partial charge in [-0.2, -0.15) is 4.98 Å². The molecule has 0 saturated carbocycles. The van der Waals surface area contributed by atoms with Crippen LogP contribution in [0.1, 0.15) is 31.2 Å². The standard InChI is InChI=1S/C26H30ClN5O3/c27-21-8-4-7-20(17-21)19-32(26(33)34)24-11-12-28-25(30-24)29-22-9-5-10-23(18-22)35-16-6-15-31-13-2-1-3-14-31/h4-5,7-12,17-18H,1-3,6,13-16,19H2,(H,33,34)(H,28,29,30). The molecule has 1 aliphatic rings. The molecule has 4 rings (SSSR count). The summed E-state index contributed by atoms with van der Waals surface area (Å²) in [5.41, 5.74) is 1.52. The molecular formula is C26H30ClN5O3. The second-order valence-corrected chi connectivity index (χ2v) is 8.93. The second-order valence-electron chi connectivity index (χ2n) is 8.49. The van der Waals surface area contributed by atoms with Crippen LogP contribution in [0.5, 0.6) is 5.75 Å². The fourth-order valence-corrected chi connectivity index (χ4v) is 4.29. The monoisotopic (exact) mass is 495 g/mol. The first-order valence-corrected chi connectivity index (χ1v) is 12.2. The maximum atomic E-state index is 11.9. The van der Waals surface area contributed by atoms with Crippen LogP contribution in [0.4, 0.5) is 22.2 Å². The lowest BCUT2D eigenvalue weighted by molar-refractivity contribution is 0.201. The minimum atomic E-state index is -1.12. The van der Waals surface area contributed by atoms with E-state index in [-0.39, 0.29) is 12.4 Å². The lowest BCUT2D eigenvalue weighted by atomic mass is 10.1. The first-order valence-electron chi connectivity index (χ1n) is 11.9. The van der Waals surface area contributed by atoms with E-state index in [2.05, 4.69) is 20.2 Å². The molecule has 2 heterocycles. The summed E-state index contributed by atoms with van der Waals surface area (Å²) in [7, 11) is 0. The molecule has 184 valence electrons. The van der Waals surface area contributed by atoms with E-state index in [0.717, 1.165) is 34.9 Å². The van der Waals surface area contributed by atoms with Crippen LogP contribution in [0.15, 0.2) is 60.8 Å². The van der Waals surface area contributed by atoms with Crippen molar-refractivity contribution in [3.05, 3.63) is 71.4 Å². The lowest BCUT2D eigenvalue weighted by Gasteiger charge is -2.26. The average Bonchev–Trinajstić information content (AvgIpc) is 2.86. The van der Waals surface area contributed by atoms with Crippen LogP contribution in [0.2, 0.25) is 5.02 Å². The van der Waals surface area contributed by atoms with E-state index >= 15 is 0 Å². The van der Waals surface area contributed by atoms with E-state index in [4.69, 9.17) is 16.3 Å². The third kappa shape index (κ3) is 7.56. The van der Waals surface area contributed by atoms with Gasteiger partial charge in [0, 0.05) is 29.5 Å². The van der Waals surface area contributed by atoms with Gasteiger partial charge in [0.15, 0.2) is 0 Å². The first kappa shape index (κ1) is 24.8. The van der Waals surface area contributed by atoms with Gasteiger partial charge in [0.2, 0.25) is 5.95 Å². The van der Waals surface area contributed by atoms with Gasteiger partial charge in [-0.25, -0.2) is 9.78 Å². The number of carbonyl (C=O) groups is 1. The number of amides is 1. The SMILES string of the molecule is O=C(O)N(Cc1cccc(Cl)c1)c1ccnc(Nc2cccc(OCCCN3CCCCC3)c2)n1. The van der Waals surface area contributed by atoms with Gasteiger partial charge in [-0.05, 0) is 68.2 Å². The first-order chi connectivity index (χ1) is 17.1. The zero-order valence-corrected chi connectivity index (χ0v) is 20.3. The highest BCUT2D eigenvalue weighted by atomic mass is 35.5. The van der Waals surface area contributed by atoms with Gasteiger partial charge in [-0.1, -0.05) is 36.2 Å². The fourth-order valence-electron chi connectivity index (χ4n) is 4.08. The number of likely N-dealkylation sites (tertiary alicyclic amines) is 1. The van der Waals surface area contributed by atoms with Crippen LogP contribution in [-0.4, -0.2) is 52.3 Å². The number of nitrogens with one attached hydrogen (secondary N) is 1. The maximum absolute atomic E-state index is 11.9. The van der Waals surface area contributed by atoms with Crippen molar-refractivity contribution in [2.24, 2.45) is 0 Å². The minimum absolute atomic E-state index is 0.118. The van der Waals surface area contributed by atoms with Crippen LogP contribution < -0.4 is 15.0 Å². The Morgan fingerprint density at radius 3 is 2.74 bits per heavy atom. The molecule has 8 nitrogen and oxygen atoms in total. The summed E-state index contributed by atoms with van der Waals surface area (Å²) in [6.07, 6.45) is 5.33. The largest absolute Gasteiger partial charge is 0.493 e. The summed E-state index contributed by atoms with van der Waals surface area (Å²) in [5.74, 6) is 1.32. The molecule has 2 N–H and O–H groups in total. The zero-order chi connectivity index (χ0) is 24.5. The van der Waals surface area contributed by atoms with Crippen molar-refractivity contribution < 1.29 is 14.6 Å². The Kier molecular flexibility index (Phi) is 8.75. The van der Waals surface area contributed by atoms with Gasteiger partial charge in [-0.15, -0.1) is 0 Å². The third-order valence-corrected chi connectivity index (χ3v) is 6.04. The second kappa shape index (κ2) is 12.4. The van der Waals surface area contributed by atoms with Crippen molar-refractivity contribution >= 4 is 35.1 Å². The molecule has 3 aromatic rings. The molecule has 0 spiro atoms. The number of anilines is 3. The van der Waals surface area contributed by atoms with Gasteiger partial charge < -0.3 is 20.1 Å². The van der Waals surface area contributed by atoms with Crippen molar-refractivity contribution in [2.45, 2.75) is 32.2 Å². The Morgan fingerprint density at radius 1 is 1.11 bits per heavy atom. The predicted molar refractivity (Wildman–Crippen MR) is 138 cm³/mol. The van der Waals surface area contributed by atoms with Crippen molar-refractivity contribution in [3.8, 4) is 5.75 Å². The fraction of sp³-hybridized carbons (Fsp3) is 0.346. The van der Waals surface area contributed by atoms with Gasteiger partial charge in [-0.3, -0.25) is 4.90 Å². The van der Waals surface area contributed by atoms with Crippen molar-refractivity contribution in [3.63, 3.8) is 0 Å². The smallest absolute Gasteiger partial charge is 0.413 e. The molecule has 0 atom stereocenters. The predicted octanol–water partition coefficient (Wildman–Crippen LogP) is 5.81. The molecule has 1 fully saturated rings. The summed E-state index contributed by atoms with van der Waals surface area (Å²) in [4.78, 5) is 24.2. The number of aromatic nitrogens is 2. The highest BCUT2D eigenvalue weighted by Gasteiger charge is 2.17. The topological polar surface area (TPSA) is 90.8 Å². The molecular weight excluding hydrogens is 466 g/mol. The van der Waals surface area contributed by atoms with E-state index in [0.29, 0.717) is 17.6 Å². The number of hydrogen-bond donors (Lipinski definition) is 2. The van der Waals surface area contributed by atoms with Gasteiger partial charge in [0.1, 0.15) is 11.6 Å². The molecule has 1 aromatic heterocycles. The molecule has 0 aliphatic carbocycles. The number of rotatable bonds is 10. The summed E-state index contributed by atoms with van der Waals surface area (Å²) < 4.78 is 5.94. The van der Waals surface area contributed by atoms with E-state index < -0.39 is 6.09 Å². The van der Waals surface area contributed by atoms with E-state index in [1.54, 1.807) is 24.3 Å². The zero-order valence-electron chi connectivity index (χ0n) is 19.6. The number of nitrogens with zero attached hydrogens (tertiary/aromatic N) is 4. The number of hydrogen-bond acceptors (Lipinski definition) is 6. The number of halogens is 1. The van der Waals surface area contributed by atoms with Gasteiger partial charge >= 0.3 is 6.09 Å². The molecule has 1 saturated heterocycles. The Hall–Kier alpha value is -3.36. The summed E-state index contributed by atoms with van der Waals surface area (Å²) in [6, 6.07) is 16.2. The molecule has 0 radical (unpaired) electrons. The Bertz CT molecular complexity index is 1120. The molecule has 35 heavy (non-hydrogen) atoms. The van der Waals surface area contributed by atoms with Gasteiger partial charge in [0.05, 0.1) is 13.2 Å². The van der Waals surface area contributed by atoms with Crippen molar-refractivity contribution in [1.29, 1.82) is 0 Å². The maximum Gasteiger partial charge on any atom is 0.413 e. The van der Waals surface area contributed by atoms with Crippen molar-refractivity contribution in [2.75, 3.05) is 36.5 Å². The molecule has 1 aliphatic heterocycles.